The molecule has 0 aromatic rings. The lowest BCUT2D eigenvalue weighted by atomic mass is 9.85. The molecule has 0 bridgehead atoms. The van der Waals surface area contributed by atoms with Crippen molar-refractivity contribution in [2.45, 2.75) is 70.4 Å². The molecule has 0 fully saturated rings. The van der Waals surface area contributed by atoms with Crippen LogP contribution in [0.25, 0.3) is 0 Å². The second kappa shape index (κ2) is 9.63. The summed E-state index contributed by atoms with van der Waals surface area (Å²) in [7, 11) is 1.79. The minimum Gasteiger partial charge on any atom is -0.377 e. The van der Waals surface area contributed by atoms with Crippen LogP contribution in [-0.2, 0) is 4.74 Å². The summed E-state index contributed by atoms with van der Waals surface area (Å²) in [5.74, 6) is 5.68. The largest absolute Gasteiger partial charge is 0.377 e. The van der Waals surface area contributed by atoms with Crippen molar-refractivity contribution < 1.29 is 4.74 Å². The SMILES string of the molecule is C=CCCCCCC(NN)C(CC)(CC)OC. The molecule has 0 aromatic carbocycles. The van der Waals surface area contributed by atoms with Gasteiger partial charge in [-0.1, -0.05) is 32.8 Å². The highest BCUT2D eigenvalue weighted by Gasteiger charge is 2.34. The van der Waals surface area contributed by atoms with E-state index in [2.05, 4.69) is 25.9 Å². The third kappa shape index (κ3) is 5.19. The summed E-state index contributed by atoms with van der Waals surface area (Å²) in [6.45, 7) is 8.06. The lowest BCUT2D eigenvalue weighted by molar-refractivity contribution is -0.0499. The lowest BCUT2D eigenvalue weighted by Crippen LogP contribution is -2.54. The molecule has 0 radical (unpaired) electrons. The molecular weight excluding hydrogens is 212 g/mol. The second-order valence-corrected chi connectivity index (χ2v) is 4.62. The zero-order valence-corrected chi connectivity index (χ0v) is 11.8. The standard InChI is InChI=1S/C14H30N2O/c1-5-8-9-10-11-12-13(16-15)14(6-2,7-3)17-4/h5,13,16H,1,6-12,15H2,2-4H3. The molecule has 0 aromatic heterocycles. The van der Waals surface area contributed by atoms with E-state index in [0.717, 1.165) is 25.7 Å². The normalized spacial score (nSPS) is 13.6. The summed E-state index contributed by atoms with van der Waals surface area (Å²) < 4.78 is 5.71. The van der Waals surface area contributed by atoms with Gasteiger partial charge in [-0.2, -0.15) is 0 Å². The number of rotatable bonds is 11. The van der Waals surface area contributed by atoms with Crippen molar-refractivity contribution in [2.75, 3.05) is 7.11 Å². The fourth-order valence-electron chi connectivity index (χ4n) is 2.49. The maximum Gasteiger partial charge on any atom is 0.0839 e. The summed E-state index contributed by atoms with van der Waals surface area (Å²) in [5.41, 5.74) is 2.82. The van der Waals surface area contributed by atoms with E-state index in [4.69, 9.17) is 10.6 Å². The van der Waals surface area contributed by atoms with Crippen LogP contribution in [0, 0.1) is 0 Å². The number of hydrazine groups is 1. The smallest absolute Gasteiger partial charge is 0.0839 e. The number of hydrogen-bond donors (Lipinski definition) is 2. The Balaban J connectivity index is 4.15. The van der Waals surface area contributed by atoms with Crippen molar-refractivity contribution >= 4 is 0 Å². The van der Waals surface area contributed by atoms with E-state index in [1.54, 1.807) is 7.11 Å². The Hall–Kier alpha value is -0.380. The molecule has 0 heterocycles. The number of ether oxygens (including phenoxy) is 1. The van der Waals surface area contributed by atoms with Crippen molar-refractivity contribution in [3.8, 4) is 0 Å². The van der Waals surface area contributed by atoms with Gasteiger partial charge < -0.3 is 4.74 Å². The first-order valence-corrected chi connectivity index (χ1v) is 6.82. The van der Waals surface area contributed by atoms with Crippen molar-refractivity contribution in [2.24, 2.45) is 5.84 Å². The molecule has 1 unspecified atom stereocenters. The number of methoxy groups -OCH3 is 1. The first-order valence-electron chi connectivity index (χ1n) is 6.82. The Morgan fingerprint density at radius 2 is 1.94 bits per heavy atom. The Labute approximate surface area is 107 Å². The van der Waals surface area contributed by atoms with Gasteiger partial charge >= 0.3 is 0 Å². The number of hydrogen-bond acceptors (Lipinski definition) is 3. The van der Waals surface area contributed by atoms with Crippen LogP contribution < -0.4 is 11.3 Å². The van der Waals surface area contributed by atoms with Crippen LogP contribution in [0.3, 0.4) is 0 Å². The van der Waals surface area contributed by atoms with Crippen LogP contribution in [0.5, 0.6) is 0 Å². The molecular formula is C14H30N2O. The maximum absolute atomic E-state index is 5.71. The first kappa shape index (κ1) is 16.6. The van der Waals surface area contributed by atoms with E-state index >= 15 is 0 Å². The fraction of sp³-hybridized carbons (Fsp3) is 0.857. The van der Waals surface area contributed by atoms with Crippen molar-refractivity contribution in [1.29, 1.82) is 0 Å². The van der Waals surface area contributed by atoms with Gasteiger partial charge in [-0.05, 0) is 32.1 Å². The Morgan fingerprint density at radius 3 is 2.35 bits per heavy atom. The van der Waals surface area contributed by atoms with Gasteiger partial charge in [0.1, 0.15) is 0 Å². The average Bonchev–Trinajstić information content (AvgIpc) is 2.38. The summed E-state index contributed by atoms with van der Waals surface area (Å²) >= 11 is 0. The molecule has 102 valence electrons. The van der Waals surface area contributed by atoms with Gasteiger partial charge in [0.2, 0.25) is 0 Å². The third-order valence-corrected chi connectivity index (χ3v) is 3.84. The maximum atomic E-state index is 5.71. The van der Waals surface area contributed by atoms with Crippen molar-refractivity contribution in [3.05, 3.63) is 12.7 Å². The van der Waals surface area contributed by atoms with E-state index in [0.29, 0.717) is 0 Å². The van der Waals surface area contributed by atoms with E-state index in [9.17, 15) is 0 Å². The molecule has 1 atom stereocenters. The van der Waals surface area contributed by atoms with Crippen molar-refractivity contribution in [3.63, 3.8) is 0 Å². The number of unbranched alkanes of at least 4 members (excludes halogenated alkanes) is 3. The van der Waals surface area contributed by atoms with Gasteiger partial charge in [-0.3, -0.25) is 11.3 Å². The lowest BCUT2D eigenvalue weighted by Gasteiger charge is -2.38. The molecule has 3 nitrogen and oxygen atoms in total. The number of allylic oxidation sites excluding steroid dienone is 1. The minimum atomic E-state index is -0.118. The quantitative estimate of drug-likeness (QED) is 0.253. The van der Waals surface area contributed by atoms with Gasteiger partial charge in [0, 0.05) is 7.11 Å². The van der Waals surface area contributed by atoms with Crippen LogP contribution in [0.2, 0.25) is 0 Å². The molecule has 0 aliphatic rings. The molecule has 0 rings (SSSR count). The molecule has 17 heavy (non-hydrogen) atoms. The summed E-state index contributed by atoms with van der Waals surface area (Å²) in [6, 6.07) is 0.242. The summed E-state index contributed by atoms with van der Waals surface area (Å²) in [6.07, 6.45) is 9.78. The first-order chi connectivity index (χ1) is 8.20. The van der Waals surface area contributed by atoms with Gasteiger partial charge in [0.25, 0.3) is 0 Å². The number of nitrogens with two attached hydrogens (primary N) is 1. The van der Waals surface area contributed by atoms with Crippen LogP contribution >= 0.6 is 0 Å². The Bertz CT molecular complexity index is 182. The second-order valence-electron chi connectivity index (χ2n) is 4.62. The van der Waals surface area contributed by atoms with Crippen LogP contribution in [0.15, 0.2) is 12.7 Å². The third-order valence-electron chi connectivity index (χ3n) is 3.84. The zero-order chi connectivity index (χ0) is 13.1. The molecule has 0 saturated heterocycles. The van der Waals surface area contributed by atoms with E-state index in [1.807, 2.05) is 6.08 Å². The summed E-state index contributed by atoms with van der Waals surface area (Å²) in [5, 5.41) is 0. The van der Waals surface area contributed by atoms with Gasteiger partial charge in [0.05, 0.1) is 11.6 Å². The minimum absolute atomic E-state index is 0.118. The molecule has 3 N–H and O–H groups in total. The monoisotopic (exact) mass is 242 g/mol. The van der Waals surface area contributed by atoms with Crippen LogP contribution in [-0.4, -0.2) is 18.8 Å². The van der Waals surface area contributed by atoms with Gasteiger partial charge in [-0.15, -0.1) is 6.58 Å². The van der Waals surface area contributed by atoms with Crippen LogP contribution in [0.4, 0.5) is 0 Å². The Kier molecular flexibility index (Phi) is 9.41. The molecule has 3 heteroatoms. The molecule has 0 aliphatic carbocycles. The number of nitrogens with one attached hydrogen (secondary N) is 1. The summed E-state index contributed by atoms with van der Waals surface area (Å²) in [4.78, 5) is 0. The molecule has 0 aliphatic heterocycles. The predicted octanol–water partition coefficient (Wildman–Crippen LogP) is 3.16. The van der Waals surface area contributed by atoms with E-state index in [1.165, 1.54) is 19.3 Å². The predicted molar refractivity (Wildman–Crippen MR) is 74.7 cm³/mol. The highest BCUT2D eigenvalue weighted by atomic mass is 16.5. The van der Waals surface area contributed by atoms with Gasteiger partial charge in [-0.25, -0.2) is 0 Å². The molecule has 0 amide bonds. The Morgan fingerprint density at radius 1 is 1.29 bits per heavy atom. The van der Waals surface area contributed by atoms with Gasteiger partial charge in [0.15, 0.2) is 0 Å². The highest BCUT2D eigenvalue weighted by Crippen LogP contribution is 2.27. The average molecular weight is 242 g/mol. The topological polar surface area (TPSA) is 47.3 Å². The van der Waals surface area contributed by atoms with Crippen LogP contribution in [0.1, 0.15) is 58.8 Å². The zero-order valence-electron chi connectivity index (χ0n) is 11.8. The highest BCUT2D eigenvalue weighted by molar-refractivity contribution is 4.90. The van der Waals surface area contributed by atoms with Crippen molar-refractivity contribution in [1.82, 2.24) is 5.43 Å². The van der Waals surface area contributed by atoms with E-state index < -0.39 is 0 Å². The van der Waals surface area contributed by atoms with E-state index in [-0.39, 0.29) is 11.6 Å². The molecule has 0 spiro atoms. The molecule has 0 saturated carbocycles. The fourth-order valence-corrected chi connectivity index (χ4v) is 2.49.